The van der Waals surface area contributed by atoms with Gasteiger partial charge >= 0.3 is 0 Å². The van der Waals surface area contributed by atoms with E-state index in [0.717, 1.165) is 23.2 Å². The molecule has 1 fully saturated rings. The van der Waals surface area contributed by atoms with E-state index in [1.807, 2.05) is 12.1 Å². The van der Waals surface area contributed by atoms with Gasteiger partial charge in [-0.05, 0) is 60.7 Å². The maximum Gasteiger partial charge on any atom is 0.264 e. The van der Waals surface area contributed by atoms with Crippen LogP contribution in [0.4, 0.5) is 0 Å². The van der Waals surface area contributed by atoms with Crippen molar-refractivity contribution in [3.05, 3.63) is 35.2 Å². The summed E-state index contributed by atoms with van der Waals surface area (Å²) in [5, 5.41) is 4.80. The largest absolute Gasteiger partial charge is 0.411 e. The van der Waals surface area contributed by atoms with Crippen LogP contribution in [0.3, 0.4) is 0 Å². The maximum absolute atomic E-state index is 11.4. The van der Waals surface area contributed by atoms with Gasteiger partial charge in [0.05, 0.1) is 29.8 Å². The highest BCUT2D eigenvalue weighted by Gasteiger charge is 2.37. The molecule has 0 bridgehead atoms. The van der Waals surface area contributed by atoms with E-state index >= 15 is 0 Å². The summed E-state index contributed by atoms with van der Waals surface area (Å²) >= 11 is 0. The van der Waals surface area contributed by atoms with Crippen molar-refractivity contribution in [3.63, 3.8) is 0 Å². The summed E-state index contributed by atoms with van der Waals surface area (Å²) in [6.45, 7) is 11.5. The molecule has 150 valence electrons. The molecule has 0 unspecified atom stereocenters. The Bertz CT molecular complexity index is 941. The van der Waals surface area contributed by atoms with Crippen LogP contribution < -0.4 is 0 Å². The van der Waals surface area contributed by atoms with Crippen LogP contribution in [0.25, 0.3) is 5.52 Å². The second-order valence-corrected chi connectivity index (χ2v) is 15.5. The normalized spacial score (nSPS) is 16.2. The monoisotopic (exact) mass is 410 g/mol. The quantitative estimate of drug-likeness (QED) is 0.505. The molecule has 0 aliphatic heterocycles. The van der Waals surface area contributed by atoms with E-state index in [9.17, 15) is 8.42 Å². The van der Waals surface area contributed by atoms with E-state index in [-0.39, 0.29) is 11.6 Å². The molecule has 0 N–H and O–H groups in total. The van der Waals surface area contributed by atoms with Crippen LogP contribution in [0.15, 0.2) is 18.2 Å². The average Bonchev–Trinajstić information content (AvgIpc) is 3.28. The fourth-order valence-electron chi connectivity index (χ4n) is 2.71. The van der Waals surface area contributed by atoms with Gasteiger partial charge in [0.2, 0.25) is 0 Å². The summed E-state index contributed by atoms with van der Waals surface area (Å²) in [5.74, 6) is 0.564. The van der Waals surface area contributed by atoms with E-state index in [1.165, 1.54) is 18.4 Å². The van der Waals surface area contributed by atoms with Crippen molar-refractivity contribution < 1.29 is 17.0 Å². The molecular weight excluding hydrogens is 380 g/mol. The van der Waals surface area contributed by atoms with Crippen molar-refractivity contribution in [1.29, 1.82) is 0 Å². The van der Waals surface area contributed by atoms with Gasteiger partial charge in [-0.1, -0.05) is 20.8 Å². The van der Waals surface area contributed by atoms with Crippen LogP contribution in [0.1, 0.15) is 56.5 Å². The summed E-state index contributed by atoms with van der Waals surface area (Å²) in [6, 6.07) is 6.19. The van der Waals surface area contributed by atoms with Crippen molar-refractivity contribution in [2.45, 2.75) is 70.9 Å². The Morgan fingerprint density at radius 3 is 2.41 bits per heavy atom. The van der Waals surface area contributed by atoms with Gasteiger partial charge < -0.3 is 4.43 Å². The first-order valence-electron chi connectivity index (χ1n) is 9.35. The van der Waals surface area contributed by atoms with E-state index in [2.05, 4.69) is 45.0 Å². The minimum atomic E-state index is -3.51. The van der Waals surface area contributed by atoms with Gasteiger partial charge in [0.1, 0.15) is 6.61 Å². The number of nitrogens with zero attached hydrogens (tertiary/aromatic N) is 2. The summed E-state index contributed by atoms with van der Waals surface area (Å²) in [6.07, 6.45) is 3.42. The number of hydrogen-bond donors (Lipinski definition) is 0. The zero-order chi connectivity index (χ0) is 20.0. The minimum absolute atomic E-state index is 0.0138. The third kappa shape index (κ3) is 4.99. The molecule has 2 heterocycles. The molecule has 2 aromatic rings. The third-order valence-electron chi connectivity index (χ3n) is 5.56. The lowest BCUT2D eigenvalue weighted by molar-refractivity contribution is 0.271. The molecule has 27 heavy (non-hydrogen) atoms. The van der Waals surface area contributed by atoms with E-state index in [1.54, 1.807) is 4.52 Å². The lowest BCUT2D eigenvalue weighted by Crippen LogP contribution is -2.40. The Morgan fingerprint density at radius 1 is 1.19 bits per heavy atom. The number of aromatic nitrogens is 2. The molecule has 8 heteroatoms. The van der Waals surface area contributed by atoms with Gasteiger partial charge in [-0.2, -0.15) is 13.5 Å². The van der Waals surface area contributed by atoms with Gasteiger partial charge in [0.25, 0.3) is 10.1 Å². The van der Waals surface area contributed by atoms with Gasteiger partial charge in [-0.15, -0.1) is 0 Å². The van der Waals surface area contributed by atoms with Crippen LogP contribution in [0, 0.1) is 0 Å². The van der Waals surface area contributed by atoms with E-state index < -0.39 is 18.4 Å². The number of rotatable bonds is 7. The first-order chi connectivity index (χ1) is 12.4. The molecule has 0 spiro atoms. The molecule has 1 aliphatic rings. The van der Waals surface area contributed by atoms with E-state index in [4.69, 9.17) is 8.61 Å². The number of pyridine rings is 1. The number of hydrogen-bond acceptors (Lipinski definition) is 5. The van der Waals surface area contributed by atoms with E-state index in [0.29, 0.717) is 12.5 Å². The molecule has 0 saturated heterocycles. The van der Waals surface area contributed by atoms with Crippen molar-refractivity contribution in [1.82, 2.24) is 9.61 Å². The molecule has 0 amide bonds. The molecule has 2 aromatic heterocycles. The zero-order valence-electron chi connectivity index (χ0n) is 17.1. The molecule has 3 rings (SSSR count). The summed E-state index contributed by atoms with van der Waals surface area (Å²) < 4.78 is 35.9. The van der Waals surface area contributed by atoms with Crippen LogP contribution in [0.2, 0.25) is 18.1 Å². The maximum atomic E-state index is 11.4. The van der Waals surface area contributed by atoms with Crippen molar-refractivity contribution in [3.8, 4) is 0 Å². The predicted octanol–water partition coefficient (Wildman–Crippen LogP) is 4.21. The average molecular weight is 411 g/mol. The molecule has 1 aliphatic carbocycles. The van der Waals surface area contributed by atoms with Crippen molar-refractivity contribution in [2.75, 3.05) is 6.26 Å². The lowest BCUT2D eigenvalue weighted by atomic mass is 10.1. The zero-order valence-corrected chi connectivity index (χ0v) is 18.9. The highest BCUT2D eigenvalue weighted by molar-refractivity contribution is 7.85. The summed E-state index contributed by atoms with van der Waals surface area (Å²) in [4.78, 5) is 0. The Morgan fingerprint density at radius 2 is 1.85 bits per heavy atom. The highest BCUT2D eigenvalue weighted by Crippen LogP contribution is 2.41. The standard InChI is InChI=1S/C19H30N2O4SSi/c1-19(2,3)27(5,6)25-12-16-11-17-9-15(14-7-8-14)10-18(21(17)20-16)13-24-26(4,22)23/h9-11,14H,7-8,12-13H2,1-6H3. The van der Waals surface area contributed by atoms with Crippen LogP contribution in [0.5, 0.6) is 0 Å². The van der Waals surface area contributed by atoms with Gasteiger partial charge in [-0.3, -0.25) is 4.18 Å². The smallest absolute Gasteiger partial charge is 0.264 e. The fourth-order valence-corrected chi connectivity index (χ4v) is 3.99. The lowest BCUT2D eigenvalue weighted by Gasteiger charge is -2.35. The third-order valence-corrected chi connectivity index (χ3v) is 10.6. The predicted molar refractivity (Wildman–Crippen MR) is 109 cm³/mol. The fraction of sp³-hybridized carbons (Fsp3) is 0.632. The van der Waals surface area contributed by atoms with Gasteiger partial charge in [0, 0.05) is 0 Å². The van der Waals surface area contributed by atoms with Gasteiger partial charge in [-0.25, -0.2) is 4.52 Å². The SMILES string of the molecule is CC(C)(C)[Si](C)(C)OCc1cc2cc(C3CC3)cc(COS(C)(=O)=O)n2n1. The second kappa shape index (κ2) is 6.99. The second-order valence-electron chi connectivity index (χ2n) is 9.04. The topological polar surface area (TPSA) is 69.9 Å². The Kier molecular flexibility index (Phi) is 5.31. The first kappa shape index (κ1) is 20.5. The number of fused-ring (bicyclic) bond motifs is 1. The first-order valence-corrected chi connectivity index (χ1v) is 14.1. The van der Waals surface area contributed by atoms with Gasteiger partial charge in [0.15, 0.2) is 8.32 Å². The molecule has 0 atom stereocenters. The van der Waals surface area contributed by atoms with Crippen molar-refractivity contribution >= 4 is 24.0 Å². The summed E-state index contributed by atoms with van der Waals surface area (Å²) in [5.41, 5.74) is 3.79. The van der Waals surface area contributed by atoms with Crippen LogP contribution in [-0.4, -0.2) is 32.6 Å². The molecule has 6 nitrogen and oxygen atoms in total. The highest BCUT2D eigenvalue weighted by atomic mass is 32.2. The Hall–Kier alpha value is -1.22. The minimum Gasteiger partial charge on any atom is -0.411 e. The van der Waals surface area contributed by atoms with Crippen molar-refractivity contribution in [2.24, 2.45) is 0 Å². The molecule has 1 saturated carbocycles. The molecular formula is C19H30N2O4SSi. The Labute approximate surface area is 163 Å². The Balaban J connectivity index is 1.88. The summed E-state index contributed by atoms with van der Waals surface area (Å²) in [7, 11) is -5.37. The molecule has 0 radical (unpaired) electrons. The molecule has 0 aromatic carbocycles. The van der Waals surface area contributed by atoms with Crippen LogP contribution in [-0.2, 0) is 31.9 Å². The van der Waals surface area contributed by atoms with Crippen LogP contribution >= 0.6 is 0 Å².